The number of rotatable bonds is 3. The highest BCUT2D eigenvalue weighted by atomic mass is 16.6. The van der Waals surface area contributed by atoms with Crippen molar-refractivity contribution in [2.24, 2.45) is 0 Å². The van der Waals surface area contributed by atoms with Gasteiger partial charge in [-0.1, -0.05) is 24.3 Å². The molecule has 1 aliphatic carbocycles. The Bertz CT molecular complexity index is 388. The average molecular weight is 247 g/mol. The third kappa shape index (κ3) is 2.91. The van der Waals surface area contributed by atoms with Crippen LogP contribution in [0.25, 0.3) is 0 Å². The van der Waals surface area contributed by atoms with Crippen LogP contribution in [0.15, 0.2) is 24.3 Å². The van der Waals surface area contributed by atoms with E-state index in [9.17, 15) is 0 Å². The first-order valence-electron chi connectivity index (χ1n) is 6.91. The number of hydrogen-bond acceptors (Lipinski definition) is 3. The summed E-state index contributed by atoms with van der Waals surface area (Å²) in [5.74, 6) is 0. The van der Waals surface area contributed by atoms with Crippen LogP contribution in [0, 0.1) is 0 Å². The summed E-state index contributed by atoms with van der Waals surface area (Å²) in [5.41, 5.74) is 3.02. The van der Waals surface area contributed by atoms with Crippen LogP contribution in [0.4, 0.5) is 0 Å². The van der Waals surface area contributed by atoms with Crippen molar-refractivity contribution in [3.8, 4) is 0 Å². The van der Waals surface area contributed by atoms with Gasteiger partial charge in [-0.2, -0.15) is 0 Å². The molecule has 0 spiro atoms. The molecule has 2 aliphatic rings. The summed E-state index contributed by atoms with van der Waals surface area (Å²) in [4.78, 5) is 0. The Labute approximate surface area is 108 Å². The van der Waals surface area contributed by atoms with Gasteiger partial charge < -0.3 is 14.8 Å². The molecule has 1 fully saturated rings. The van der Waals surface area contributed by atoms with E-state index in [0.29, 0.717) is 6.04 Å². The number of hydrogen-bond donors (Lipinski definition) is 1. The molecule has 0 aromatic heterocycles. The van der Waals surface area contributed by atoms with Gasteiger partial charge in [0.2, 0.25) is 0 Å². The van der Waals surface area contributed by atoms with Gasteiger partial charge in [0.25, 0.3) is 0 Å². The van der Waals surface area contributed by atoms with E-state index >= 15 is 0 Å². The number of ether oxygens (including phenoxy) is 2. The zero-order valence-corrected chi connectivity index (χ0v) is 10.7. The largest absolute Gasteiger partial charge is 0.376 e. The zero-order valence-electron chi connectivity index (χ0n) is 10.7. The maximum Gasteiger partial charge on any atom is 0.0933 e. The first-order valence-corrected chi connectivity index (χ1v) is 6.91. The van der Waals surface area contributed by atoms with E-state index in [1.54, 1.807) is 0 Å². The van der Waals surface area contributed by atoms with Crippen molar-refractivity contribution < 1.29 is 9.47 Å². The zero-order chi connectivity index (χ0) is 12.2. The van der Waals surface area contributed by atoms with E-state index in [4.69, 9.17) is 9.47 Å². The van der Waals surface area contributed by atoms with Crippen LogP contribution >= 0.6 is 0 Å². The van der Waals surface area contributed by atoms with Crippen molar-refractivity contribution in [2.75, 3.05) is 26.4 Å². The highest BCUT2D eigenvalue weighted by Crippen LogP contribution is 2.21. The quantitative estimate of drug-likeness (QED) is 0.879. The molecule has 1 aromatic carbocycles. The summed E-state index contributed by atoms with van der Waals surface area (Å²) < 4.78 is 11.1. The first kappa shape index (κ1) is 12.2. The summed E-state index contributed by atoms with van der Waals surface area (Å²) in [7, 11) is 0. The molecule has 0 amide bonds. The fourth-order valence-corrected chi connectivity index (χ4v) is 2.82. The second-order valence-electron chi connectivity index (χ2n) is 5.18. The van der Waals surface area contributed by atoms with E-state index in [1.165, 1.54) is 24.0 Å². The number of aryl methyl sites for hydroxylation is 1. The lowest BCUT2D eigenvalue weighted by molar-refractivity contribution is -0.0871. The Morgan fingerprint density at radius 3 is 2.89 bits per heavy atom. The van der Waals surface area contributed by atoms with Gasteiger partial charge >= 0.3 is 0 Å². The van der Waals surface area contributed by atoms with Crippen molar-refractivity contribution in [3.05, 3.63) is 35.4 Å². The molecule has 98 valence electrons. The molecule has 1 aromatic rings. The van der Waals surface area contributed by atoms with Gasteiger partial charge in [0.15, 0.2) is 0 Å². The lowest BCUT2D eigenvalue weighted by Crippen LogP contribution is -2.43. The van der Waals surface area contributed by atoms with Crippen LogP contribution < -0.4 is 5.32 Å². The van der Waals surface area contributed by atoms with Crippen LogP contribution in [0.5, 0.6) is 0 Å². The Balaban J connectivity index is 1.50. The Morgan fingerprint density at radius 1 is 1.17 bits per heavy atom. The topological polar surface area (TPSA) is 30.5 Å². The molecular weight excluding hydrogens is 226 g/mol. The van der Waals surface area contributed by atoms with E-state index < -0.39 is 0 Å². The fourth-order valence-electron chi connectivity index (χ4n) is 2.82. The van der Waals surface area contributed by atoms with Crippen LogP contribution in [0.2, 0.25) is 0 Å². The fraction of sp³-hybridized carbons (Fsp3) is 0.600. The van der Waals surface area contributed by atoms with Crippen molar-refractivity contribution in [1.82, 2.24) is 5.32 Å². The van der Waals surface area contributed by atoms with Crippen LogP contribution in [0.1, 0.15) is 17.5 Å². The second kappa shape index (κ2) is 5.83. The van der Waals surface area contributed by atoms with Crippen LogP contribution in [0.3, 0.4) is 0 Å². The first-order chi connectivity index (χ1) is 8.92. The van der Waals surface area contributed by atoms with Gasteiger partial charge in [-0.3, -0.25) is 0 Å². The number of benzene rings is 1. The predicted molar refractivity (Wildman–Crippen MR) is 70.8 cm³/mol. The maximum absolute atomic E-state index is 5.65. The molecule has 2 atom stereocenters. The SMILES string of the molecule is c1ccc2c(c1)CCC(NCC1COCCO1)C2. The molecule has 1 N–H and O–H groups in total. The number of fused-ring (bicyclic) bond motifs is 1. The summed E-state index contributed by atoms with van der Waals surface area (Å²) in [6.07, 6.45) is 3.79. The summed E-state index contributed by atoms with van der Waals surface area (Å²) >= 11 is 0. The predicted octanol–water partition coefficient (Wildman–Crippen LogP) is 1.55. The molecule has 2 unspecified atom stereocenters. The van der Waals surface area contributed by atoms with Crippen molar-refractivity contribution in [1.29, 1.82) is 0 Å². The van der Waals surface area contributed by atoms with E-state index in [0.717, 1.165) is 32.8 Å². The van der Waals surface area contributed by atoms with Crippen LogP contribution in [-0.2, 0) is 22.3 Å². The van der Waals surface area contributed by atoms with Crippen molar-refractivity contribution in [3.63, 3.8) is 0 Å². The molecule has 1 aliphatic heterocycles. The lowest BCUT2D eigenvalue weighted by Gasteiger charge is -2.29. The summed E-state index contributed by atoms with van der Waals surface area (Å²) in [5, 5.41) is 3.63. The van der Waals surface area contributed by atoms with Gasteiger partial charge in [-0.05, 0) is 30.4 Å². The Hall–Kier alpha value is -0.900. The normalized spacial score (nSPS) is 27.8. The molecule has 3 rings (SSSR count). The monoisotopic (exact) mass is 247 g/mol. The molecule has 1 saturated heterocycles. The smallest absolute Gasteiger partial charge is 0.0933 e. The summed E-state index contributed by atoms with van der Waals surface area (Å²) in [6, 6.07) is 9.37. The van der Waals surface area contributed by atoms with E-state index in [1.807, 2.05) is 0 Å². The van der Waals surface area contributed by atoms with Crippen molar-refractivity contribution in [2.45, 2.75) is 31.4 Å². The third-order valence-corrected chi connectivity index (χ3v) is 3.87. The molecular formula is C15H21NO2. The summed E-state index contributed by atoms with van der Waals surface area (Å²) in [6.45, 7) is 3.12. The third-order valence-electron chi connectivity index (χ3n) is 3.87. The molecule has 0 radical (unpaired) electrons. The molecule has 3 nitrogen and oxygen atoms in total. The van der Waals surface area contributed by atoms with Gasteiger partial charge in [-0.25, -0.2) is 0 Å². The molecule has 1 heterocycles. The minimum Gasteiger partial charge on any atom is -0.376 e. The van der Waals surface area contributed by atoms with Gasteiger partial charge in [0, 0.05) is 12.6 Å². The highest BCUT2D eigenvalue weighted by molar-refractivity contribution is 5.30. The van der Waals surface area contributed by atoms with Gasteiger partial charge in [0.05, 0.1) is 25.9 Å². The number of nitrogens with one attached hydrogen (secondary N) is 1. The van der Waals surface area contributed by atoms with E-state index in [-0.39, 0.29) is 6.10 Å². The standard InChI is InChI=1S/C15H21NO2/c1-2-4-13-9-14(6-5-12(13)3-1)16-10-15-11-17-7-8-18-15/h1-4,14-16H,5-11H2. The van der Waals surface area contributed by atoms with Gasteiger partial charge in [0.1, 0.15) is 0 Å². The lowest BCUT2D eigenvalue weighted by atomic mass is 9.88. The second-order valence-corrected chi connectivity index (χ2v) is 5.18. The maximum atomic E-state index is 5.65. The van der Waals surface area contributed by atoms with E-state index in [2.05, 4.69) is 29.6 Å². The molecule has 0 saturated carbocycles. The minimum atomic E-state index is 0.232. The molecule has 3 heteroatoms. The molecule has 18 heavy (non-hydrogen) atoms. The Morgan fingerprint density at radius 2 is 2.06 bits per heavy atom. The minimum absolute atomic E-state index is 0.232. The molecule has 0 bridgehead atoms. The van der Waals surface area contributed by atoms with Gasteiger partial charge in [-0.15, -0.1) is 0 Å². The van der Waals surface area contributed by atoms with Crippen molar-refractivity contribution >= 4 is 0 Å². The average Bonchev–Trinajstić information content (AvgIpc) is 2.46. The van der Waals surface area contributed by atoms with Crippen LogP contribution in [-0.4, -0.2) is 38.5 Å². The highest BCUT2D eigenvalue weighted by Gasteiger charge is 2.20. The Kier molecular flexibility index (Phi) is 3.93.